The Bertz CT molecular complexity index is 241. The molecule has 1 aliphatic rings. The smallest absolute Gasteiger partial charge is 0.224 e. The van der Waals surface area contributed by atoms with Gasteiger partial charge in [-0.15, -0.1) is 0 Å². The summed E-state index contributed by atoms with van der Waals surface area (Å²) in [6.45, 7) is 0.464. The summed E-state index contributed by atoms with van der Waals surface area (Å²) in [5.41, 5.74) is 0. The summed E-state index contributed by atoms with van der Waals surface area (Å²) in [6, 6.07) is -0.201. The molecule has 1 atom stereocenters. The van der Waals surface area contributed by atoms with E-state index in [-0.39, 0.29) is 17.3 Å². The van der Waals surface area contributed by atoms with Crippen molar-refractivity contribution >= 4 is 26.0 Å². The molecule has 0 aromatic rings. The van der Waals surface area contributed by atoms with E-state index in [1.54, 1.807) is 0 Å². The van der Waals surface area contributed by atoms with Crippen molar-refractivity contribution in [2.75, 3.05) is 17.8 Å². The lowest BCUT2D eigenvalue weighted by Gasteiger charge is -2.20. The summed E-state index contributed by atoms with van der Waals surface area (Å²) in [6.07, 6.45) is 1.61. The normalized spacial score (nSPS) is 26.3. The zero-order valence-corrected chi connectivity index (χ0v) is 9.01. The molecule has 1 N–H and O–H groups in total. The molecule has 1 aliphatic heterocycles. The van der Waals surface area contributed by atoms with Crippen LogP contribution in [0.5, 0.6) is 0 Å². The van der Waals surface area contributed by atoms with E-state index in [0.29, 0.717) is 6.54 Å². The van der Waals surface area contributed by atoms with E-state index in [4.69, 9.17) is 5.11 Å². The second-order valence-electron chi connectivity index (χ2n) is 2.81. The van der Waals surface area contributed by atoms with Crippen LogP contribution in [-0.2, 0) is 10.0 Å². The van der Waals surface area contributed by atoms with Crippen LogP contribution in [0, 0.1) is 0 Å². The average molecular weight is 258 g/mol. The van der Waals surface area contributed by atoms with Gasteiger partial charge < -0.3 is 5.11 Å². The molecular weight excluding hydrogens is 246 g/mol. The van der Waals surface area contributed by atoms with Crippen LogP contribution < -0.4 is 0 Å². The van der Waals surface area contributed by atoms with Crippen molar-refractivity contribution in [1.82, 2.24) is 4.31 Å². The quantitative estimate of drug-likeness (QED) is 0.732. The zero-order valence-electron chi connectivity index (χ0n) is 6.61. The van der Waals surface area contributed by atoms with E-state index in [1.807, 2.05) is 0 Å². The molecule has 0 unspecified atom stereocenters. The first-order chi connectivity index (χ1) is 5.61. The molecule has 0 aromatic carbocycles. The maximum atomic E-state index is 11.3. The van der Waals surface area contributed by atoms with Crippen molar-refractivity contribution in [1.29, 1.82) is 0 Å². The third-order valence-electron chi connectivity index (χ3n) is 2.03. The van der Waals surface area contributed by atoms with Crippen LogP contribution >= 0.6 is 15.9 Å². The van der Waals surface area contributed by atoms with Gasteiger partial charge in [0.25, 0.3) is 0 Å². The van der Waals surface area contributed by atoms with Crippen molar-refractivity contribution < 1.29 is 13.5 Å². The molecule has 72 valence electrons. The highest BCUT2D eigenvalue weighted by atomic mass is 79.9. The van der Waals surface area contributed by atoms with Gasteiger partial charge in [0.2, 0.25) is 10.0 Å². The van der Waals surface area contributed by atoms with Crippen LogP contribution in [-0.4, -0.2) is 41.7 Å². The second kappa shape index (κ2) is 4.04. The molecule has 0 radical (unpaired) electrons. The van der Waals surface area contributed by atoms with Crippen molar-refractivity contribution in [2.24, 2.45) is 0 Å². The number of nitrogens with zero attached hydrogens (tertiary/aromatic N) is 1. The Balaban J connectivity index is 2.74. The van der Waals surface area contributed by atoms with E-state index in [1.165, 1.54) is 4.31 Å². The minimum atomic E-state index is -3.17. The van der Waals surface area contributed by atoms with Gasteiger partial charge in [0.05, 0.1) is 6.61 Å². The summed E-state index contributed by atoms with van der Waals surface area (Å²) in [7, 11) is -3.17. The van der Waals surface area contributed by atoms with Crippen LogP contribution in [0.4, 0.5) is 0 Å². The molecular formula is C6H12BrNO3S. The Labute approximate surface area is 80.7 Å². The van der Waals surface area contributed by atoms with Gasteiger partial charge in [0.1, 0.15) is 4.66 Å². The Morgan fingerprint density at radius 3 is 2.75 bits per heavy atom. The van der Waals surface area contributed by atoms with Gasteiger partial charge in [0, 0.05) is 12.6 Å². The summed E-state index contributed by atoms with van der Waals surface area (Å²) < 4.78 is 24.0. The molecule has 12 heavy (non-hydrogen) atoms. The van der Waals surface area contributed by atoms with Crippen molar-refractivity contribution in [3.8, 4) is 0 Å². The molecule has 0 saturated carbocycles. The van der Waals surface area contributed by atoms with Gasteiger partial charge in [-0.2, -0.15) is 4.31 Å². The maximum Gasteiger partial charge on any atom is 0.224 e. The van der Waals surface area contributed by atoms with Gasteiger partial charge in [0.15, 0.2) is 0 Å². The lowest BCUT2D eigenvalue weighted by molar-refractivity contribution is 0.214. The molecule has 6 heteroatoms. The predicted molar refractivity (Wildman–Crippen MR) is 49.5 cm³/mol. The number of alkyl halides is 1. The summed E-state index contributed by atoms with van der Waals surface area (Å²) >= 11 is 2.93. The molecule has 0 amide bonds. The number of rotatable bonds is 3. The third kappa shape index (κ3) is 1.99. The van der Waals surface area contributed by atoms with E-state index in [0.717, 1.165) is 12.8 Å². The highest BCUT2D eigenvalue weighted by Gasteiger charge is 2.32. The monoisotopic (exact) mass is 257 g/mol. The number of hydrogen-bond acceptors (Lipinski definition) is 3. The Hall–Kier alpha value is 0.350. The standard InChI is InChI=1S/C6H12BrNO3S/c7-5-12(10,11)8-3-1-2-6(8)4-9/h6,9H,1-5H2/t6-/m0/s1. The number of sulfonamides is 1. The number of hydrogen-bond donors (Lipinski definition) is 1. The predicted octanol–water partition coefficient (Wildman–Crippen LogP) is 0.125. The first-order valence-corrected chi connectivity index (χ1v) is 6.51. The Kier molecular flexibility index (Phi) is 3.51. The topological polar surface area (TPSA) is 57.6 Å². The lowest BCUT2D eigenvalue weighted by atomic mass is 10.2. The van der Waals surface area contributed by atoms with Gasteiger partial charge in [-0.3, -0.25) is 0 Å². The third-order valence-corrected chi connectivity index (χ3v) is 5.24. The minimum absolute atomic E-state index is 0.0590. The van der Waals surface area contributed by atoms with Crippen molar-refractivity contribution in [2.45, 2.75) is 18.9 Å². The summed E-state index contributed by atoms with van der Waals surface area (Å²) in [4.78, 5) is 0. The average Bonchev–Trinajstić information content (AvgIpc) is 2.52. The largest absolute Gasteiger partial charge is 0.395 e. The van der Waals surface area contributed by atoms with Gasteiger partial charge in [-0.05, 0) is 12.8 Å². The summed E-state index contributed by atoms with van der Waals surface area (Å²) in [5, 5.41) is 8.87. The Morgan fingerprint density at radius 1 is 1.58 bits per heavy atom. The zero-order chi connectivity index (χ0) is 9.19. The minimum Gasteiger partial charge on any atom is -0.395 e. The fourth-order valence-corrected chi connectivity index (χ4v) is 3.37. The van der Waals surface area contributed by atoms with E-state index < -0.39 is 10.0 Å². The van der Waals surface area contributed by atoms with Crippen LogP contribution in [0.15, 0.2) is 0 Å². The fraction of sp³-hybridized carbons (Fsp3) is 1.00. The number of aliphatic hydroxyl groups is 1. The van der Waals surface area contributed by atoms with Crippen molar-refractivity contribution in [3.05, 3.63) is 0 Å². The number of aliphatic hydroxyl groups excluding tert-OH is 1. The lowest BCUT2D eigenvalue weighted by Crippen LogP contribution is -2.37. The highest BCUT2D eigenvalue weighted by Crippen LogP contribution is 2.21. The maximum absolute atomic E-state index is 11.3. The SMILES string of the molecule is O=S(=O)(CBr)N1CCC[C@H]1CO. The van der Waals surface area contributed by atoms with Crippen LogP contribution in [0.2, 0.25) is 0 Å². The van der Waals surface area contributed by atoms with Gasteiger partial charge in [-0.25, -0.2) is 8.42 Å². The van der Waals surface area contributed by atoms with E-state index in [2.05, 4.69) is 15.9 Å². The molecule has 1 fully saturated rings. The first-order valence-electron chi connectivity index (χ1n) is 3.78. The van der Waals surface area contributed by atoms with Crippen LogP contribution in [0.3, 0.4) is 0 Å². The molecule has 1 heterocycles. The molecule has 1 saturated heterocycles. The Morgan fingerprint density at radius 2 is 2.25 bits per heavy atom. The molecule has 0 aromatic heterocycles. The van der Waals surface area contributed by atoms with E-state index >= 15 is 0 Å². The van der Waals surface area contributed by atoms with Crippen LogP contribution in [0.1, 0.15) is 12.8 Å². The van der Waals surface area contributed by atoms with Gasteiger partial charge >= 0.3 is 0 Å². The molecule has 0 spiro atoms. The van der Waals surface area contributed by atoms with Crippen molar-refractivity contribution in [3.63, 3.8) is 0 Å². The van der Waals surface area contributed by atoms with Gasteiger partial charge in [-0.1, -0.05) is 15.9 Å². The summed E-state index contributed by atoms with van der Waals surface area (Å²) in [5.74, 6) is 0. The molecule has 0 bridgehead atoms. The number of halogens is 1. The first kappa shape index (κ1) is 10.4. The van der Waals surface area contributed by atoms with Crippen LogP contribution in [0.25, 0.3) is 0 Å². The van der Waals surface area contributed by atoms with E-state index in [9.17, 15) is 8.42 Å². The second-order valence-corrected chi connectivity index (χ2v) is 6.03. The molecule has 4 nitrogen and oxygen atoms in total. The molecule has 0 aliphatic carbocycles. The molecule has 1 rings (SSSR count). The fourth-order valence-electron chi connectivity index (χ4n) is 1.42. The highest BCUT2D eigenvalue weighted by molar-refractivity contribution is 9.10.